The van der Waals surface area contributed by atoms with E-state index in [2.05, 4.69) is 4.98 Å². The number of nitrogens with zero attached hydrogens (tertiary/aromatic N) is 3. The van der Waals surface area contributed by atoms with Gasteiger partial charge in [-0.25, -0.2) is 4.98 Å². The summed E-state index contributed by atoms with van der Waals surface area (Å²) in [7, 11) is 1.43. The monoisotopic (exact) mass is 314 g/mol. The first-order valence-electron chi connectivity index (χ1n) is 6.35. The van der Waals surface area contributed by atoms with Gasteiger partial charge in [0, 0.05) is 20.1 Å². The van der Waals surface area contributed by atoms with Crippen LogP contribution in [0.1, 0.15) is 17.7 Å². The number of hydrogen-bond acceptors (Lipinski definition) is 5. The van der Waals surface area contributed by atoms with Crippen LogP contribution >= 0.6 is 0 Å². The van der Waals surface area contributed by atoms with Crippen molar-refractivity contribution in [3.05, 3.63) is 23.4 Å². The first kappa shape index (κ1) is 16.0. The van der Waals surface area contributed by atoms with Gasteiger partial charge in [0.05, 0.1) is 11.7 Å². The zero-order chi connectivity index (χ0) is 16.5. The van der Waals surface area contributed by atoms with Gasteiger partial charge >= 0.3 is 6.18 Å². The Bertz CT molecular complexity index is 627. The highest BCUT2D eigenvalue weighted by Gasteiger charge is 2.39. The first-order chi connectivity index (χ1) is 10.3. The zero-order valence-electron chi connectivity index (χ0n) is 11.6. The highest BCUT2D eigenvalue weighted by atomic mass is 19.4. The first-order valence-corrected chi connectivity index (χ1v) is 6.35. The van der Waals surface area contributed by atoms with Crippen molar-refractivity contribution >= 4 is 11.7 Å². The third-order valence-corrected chi connectivity index (χ3v) is 3.48. The molecule has 1 amide bonds. The van der Waals surface area contributed by atoms with Crippen LogP contribution in [0.5, 0.6) is 0 Å². The van der Waals surface area contributed by atoms with Crippen molar-refractivity contribution < 1.29 is 22.7 Å². The molecule has 2 atom stereocenters. The lowest BCUT2D eigenvalue weighted by atomic mass is 10.1. The number of amides is 1. The molecular formula is C13H13F3N4O2. The van der Waals surface area contributed by atoms with E-state index < -0.39 is 23.8 Å². The molecule has 1 aliphatic rings. The number of alkyl halides is 3. The van der Waals surface area contributed by atoms with Gasteiger partial charge in [0.15, 0.2) is 0 Å². The van der Waals surface area contributed by atoms with Crippen molar-refractivity contribution in [3.8, 4) is 6.07 Å². The van der Waals surface area contributed by atoms with Gasteiger partial charge in [-0.05, 0) is 12.1 Å². The van der Waals surface area contributed by atoms with E-state index in [-0.39, 0.29) is 30.5 Å². The van der Waals surface area contributed by atoms with Crippen LogP contribution < -0.4 is 10.6 Å². The minimum absolute atomic E-state index is 0.0593. The van der Waals surface area contributed by atoms with Crippen molar-refractivity contribution in [2.45, 2.75) is 24.7 Å². The van der Waals surface area contributed by atoms with Crippen molar-refractivity contribution in [2.24, 2.45) is 5.73 Å². The Labute approximate surface area is 124 Å². The molecule has 0 bridgehead atoms. The van der Waals surface area contributed by atoms with Crippen LogP contribution in [-0.4, -0.2) is 36.7 Å². The molecular weight excluding hydrogens is 301 g/mol. The van der Waals surface area contributed by atoms with Gasteiger partial charge in [0.1, 0.15) is 23.6 Å². The summed E-state index contributed by atoms with van der Waals surface area (Å²) in [6.07, 6.45) is -4.79. The summed E-state index contributed by atoms with van der Waals surface area (Å²) in [5, 5.41) is 9.08. The number of anilines is 1. The fourth-order valence-electron chi connectivity index (χ4n) is 2.38. The minimum Gasteiger partial charge on any atom is -0.380 e. The van der Waals surface area contributed by atoms with Crippen LogP contribution in [0, 0.1) is 11.3 Å². The molecule has 2 N–H and O–H groups in total. The van der Waals surface area contributed by atoms with Gasteiger partial charge in [-0.15, -0.1) is 0 Å². The van der Waals surface area contributed by atoms with Gasteiger partial charge in [0.25, 0.3) is 0 Å². The van der Waals surface area contributed by atoms with Crippen LogP contribution in [0.2, 0.25) is 0 Å². The second kappa shape index (κ2) is 5.81. The number of aromatic nitrogens is 1. The highest BCUT2D eigenvalue weighted by molar-refractivity contribution is 5.84. The Morgan fingerprint density at radius 1 is 1.55 bits per heavy atom. The third-order valence-electron chi connectivity index (χ3n) is 3.48. The second-order valence-electron chi connectivity index (χ2n) is 4.84. The lowest BCUT2D eigenvalue weighted by Crippen LogP contribution is -2.41. The van der Waals surface area contributed by atoms with Crippen LogP contribution in [0.15, 0.2) is 12.1 Å². The zero-order valence-corrected chi connectivity index (χ0v) is 11.6. The molecule has 6 nitrogen and oxygen atoms in total. The number of carbonyl (C=O) groups is 1. The topological polar surface area (TPSA) is 92.2 Å². The van der Waals surface area contributed by atoms with Crippen LogP contribution in [0.4, 0.5) is 19.0 Å². The summed E-state index contributed by atoms with van der Waals surface area (Å²) in [5.74, 6) is -0.914. The molecule has 1 aromatic rings. The second-order valence-corrected chi connectivity index (χ2v) is 4.84. The molecule has 9 heteroatoms. The maximum atomic E-state index is 12.8. The molecule has 2 rings (SSSR count). The van der Waals surface area contributed by atoms with E-state index in [0.29, 0.717) is 0 Å². The summed E-state index contributed by atoms with van der Waals surface area (Å²) in [6, 6.07) is 2.67. The Hall–Kier alpha value is -2.34. The Morgan fingerprint density at radius 2 is 2.23 bits per heavy atom. The molecule has 22 heavy (non-hydrogen) atoms. The lowest BCUT2D eigenvalue weighted by Gasteiger charge is -2.24. The number of methoxy groups -OCH3 is 1. The number of primary amides is 1. The molecule has 0 radical (unpaired) electrons. The van der Waals surface area contributed by atoms with Gasteiger partial charge in [-0.1, -0.05) is 0 Å². The van der Waals surface area contributed by atoms with Crippen molar-refractivity contribution in [1.82, 2.24) is 4.98 Å². The predicted octanol–water partition coefficient (Wildman–Crippen LogP) is 1.05. The van der Waals surface area contributed by atoms with E-state index in [9.17, 15) is 18.0 Å². The summed E-state index contributed by atoms with van der Waals surface area (Å²) >= 11 is 0. The number of ether oxygens (including phenoxy) is 1. The van der Waals surface area contributed by atoms with E-state index >= 15 is 0 Å². The number of nitriles is 1. The van der Waals surface area contributed by atoms with Gasteiger partial charge in [-0.3, -0.25) is 4.79 Å². The quantitative estimate of drug-likeness (QED) is 0.900. The molecule has 1 saturated heterocycles. The third kappa shape index (κ3) is 2.96. The van der Waals surface area contributed by atoms with Crippen molar-refractivity contribution in [1.29, 1.82) is 5.26 Å². The van der Waals surface area contributed by atoms with E-state index in [1.165, 1.54) is 12.0 Å². The van der Waals surface area contributed by atoms with E-state index in [1.54, 1.807) is 6.07 Å². The largest absolute Gasteiger partial charge is 0.433 e. The average Bonchev–Trinajstić information content (AvgIpc) is 2.90. The van der Waals surface area contributed by atoms with Crippen LogP contribution in [-0.2, 0) is 15.7 Å². The maximum Gasteiger partial charge on any atom is 0.433 e. The Balaban J connectivity index is 2.49. The van der Waals surface area contributed by atoms with E-state index in [0.717, 1.165) is 12.1 Å². The van der Waals surface area contributed by atoms with Gasteiger partial charge in [0.2, 0.25) is 5.91 Å². The molecule has 0 unspecified atom stereocenters. The number of halogens is 3. The fraction of sp³-hybridized carbons (Fsp3) is 0.462. The molecule has 0 aliphatic carbocycles. The number of carbonyl (C=O) groups excluding carboxylic acids is 1. The summed E-state index contributed by atoms with van der Waals surface area (Å²) in [6.45, 7) is 0.132. The normalized spacial score (nSPS) is 21.7. The lowest BCUT2D eigenvalue weighted by molar-refractivity contribution is -0.141. The Morgan fingerprint density at radius 3 is 2.73 bits per heavy atom. The molecule has 118 valence electrons. The van der Waals surface area contributed by atoms with E-state index in [4.69, 9.17) is 15.7 Å². The van der Waals surface area contributed by atoms with Crippen molar-refractivity contribution in [2.75, 3.05) is 18.6 Å². The van der Waals surface area contributed by atoms with Gasteiger partial charge < -0.3 is 15.4 Å². The molecule has 2 heterocycles. The number of pyridine rings is 1. The molecule has 1 aromatic heterocycles. The Kier molecular flexibility index (Phi) is 4.23. The molecule has 1 fully saturated rings. The highest BCUT2D eigenvalue weighted by Crippen LogP contribution is 2.33. The summed E-state index contributed by atoms with van der Waals surface area (Å²) in [4.78, 5) is 16.3. The maximum absolute atomic E-state index is 12.8. The van der Waals surface area contributed by atoms with Crippen LogP contribution in [0.25, 0.3) is 0 Å². The van der Waals surface area contributed by atoms with Crippen LogP contribution in [0.3, 0.4) is 0 Å². The average molecular weight is 314 g/mol. The number of rotatable bonds is 3. The predicted molar refractivity (Wildman–Crippen MR) is 69.7 cm³/mol. The molecule has 0 spiro atoms. The molecule has 0 saturated carbocycles. The number of hydrogen-bond donors (Lipinski definition) is 1. The van der Waals surface area contributed by atoms with Gasteiger partial charge in [-0.2, -0.15) is 18.4 Å². The smallest absolute Gasteiger partial charge is 0.380 e. The molecule has 0 aromatic carbocycles. The van der Waals surface area contributed by atoms with E-state index in [1.807, 2.05) is 0 Å². The SMILES string of the molecule is CO[C@H]1C[C@@H](C(N)=O)N(c2nc(C(F)(F)F)ccc2C#N)C1. The van der Waals surface area contributed by atoms with Crippen molar-refractivity contribution in [3.63, 3.8) is 0 Å². The number of nitrogens with two attached hydrogens (primary N) is 1. The minimum atomic E-state index is -4.65. The summed E-state index contributed by atoms with van der Waals surface area (Å²) < 4.78 is 43.6. The molecule has 1 aliphatic heterocycles. The fourth-order valence-corrected chi connectivity index (χ4v) is 2.38. The standard InChI is InChI=1S/C13H13F3N4O2/c1-22-8-4-9(11(18)21)20(6-8)12-7(5-17)2-3-10(19-12)13(14,15)16/h2-3,8-9H,4,6H2,1H3,(H2,18,21)/t8-,9-/m0/s1. The summed E-state index contributed by atoms with van der Waals surface area (Å²) in [5.41, 5.74) is 4.10.